The summed E-state index contributed by atoms with van der Waals surface area (Å²) in [6, 6.07) is 9.61. The number of nitrogens with zero attached hydrogens (tertiary/aromatic N) is 2. The number of aromatic nitrogens is 1. The van der Waals surface area contributed by atoms with Gasteiger partial charge in [-0.15, -0.1) is 0 Å². The number of carbonyl (C=O) groups excluding carboxylic acids is 2. The van der Waals surface area contributed by atoms with Crippen LogP contribution in [0.1, 0.15) is 37.7 Å². The van der Waals surface area contributed by atoms with E-state index in [4.69, 9.17) is 0 Å². The highest BCUT2D eigenvalue weighted by atomic mass is 16.2. The Kier molecular flexibility index (Phi) is 5.04. The fourth-order valence-corrected chi connectivity index (χ4v) is 3.37. The van der Waals surface area contributed by atoms with Crippen LogP contribution in [0, 0.1) is 20.8 Å². The van der Waals surface area contributed by atoms with Crippen LogP contribution in [-0.4, -0.2) is 59.2 Å². The van der Waals surface area contributed by atoms with Crippen molar-refractivity contribution in [2.24, 2.45) is 0 Å². The van der Waals surface area contributed by atoms with Crippen LogP contribution in [0.5, 0.6) is 0 Å². The molecule has 1 aromatic carbocycles. The highest BCUT2D eigenvalue weighted by Crippen LogP contribution is 2.13. The molecule has 1 amide bonds. The lowest BCUT2D eigenvalue weighted by atomic mass is 10.1. The molecule has 3 rings (SSSR count). The highest BCUT2D eigenvalue weighted by Gasteiger charge is 2.24. The first kappa shape index (κ1) is 17.4. The van der Waals surface area contributed by atoms with Crippen molar-refractivity contribution in [1.29, 1.82) is 0 Å². The van der Waals surface area contributed by atoms with E-state index in [-0.39, 0.29) is 11.7 Å². The second kappa shape index (κ2) is 7.23. The van der Waals surface area contributed by atoms with Crippen LogP contribution in [0.4, 0.5) is 0 Å². The number of Topliss-reactive ketones (excluding diaryl/α,β-unsaturated/α-hetero) is 1. The summed E-state index contributed by atoms with van der Waals surface area (Å²) < 4.78 is 0. The van der Waals surface area contributed by atoms with Gasteiger partial charge in [-0.1, -0.05) is 17.7 Å². The van der Waals surface area contributed by atoms with E-state index in [9.17, 15) is 9.59 Å². The number of aryl methyl sites for hydroxylation is 3. The van der Waals surface area contributed by atoms with Gasteiger partial charge in [0.1, 0.15) is 0 Å². The molecule has 0 bridgehead atoms. The van der Waals surface area contributed by atoms with Gasteiger partial charge in [-0.05, 0) is 39.0 Å². The summed E-state index contributed by atoms with van der Waals surface area (Å²) in [6.07, 6.45) is 0. The van der Waals surface area contributed by atoms with Gasteiger partial charge in [0.2, 0.25) is 0 Å². The summed E-state index contributed by atoms with van der Waals surface area (Å²) in [4.78, 5) is 32.2. The number of piperazine rings is 1. The molecule has 1 aromatic heterocycles. The molecule has 0 atom stereocenters. The van der Waals surface area contributed by atoms with Crippen LogP contribution in [0.2, 0.25) is 0 Å². The zero-order valence-electron chi connectivity index (χ0n) is 15.1. The Balaban J connectivity index is 1.56. The fraction of sp³-hybridized carbons (Fsp3) is 0.400. The minimum absolute atomic E-state index is 0.0757. The summed E-state index contributed by atoms with van der Waals surface area (Å²) >= 11 is 0. The molecule has 5 heteroatoms. The number of carbonyl (C=O) groups is 2. The van der Waals surface area contributed by atoms with Crippen LogP contribution in [0.25, 0.3) is 0 Å². The van der Waals surface area contributed by atoms with Gasteiger partial charge < -0.3 is 9.88 Å². The molecule has 5 nitrogen and oxygen atoms in total. The van der Waals surface area contributed by atoms with Crippen molar-refractivity contribution in [3.8, 4) is 0 Å². The highest BCUT2D eigenvalue weighted by molar-refractivity contribution is 5.99. The minimum atomic E-state index is 0.0757. The maximum Gasteiger partial charge on any atom is 0.253 e. The Hall–Kier alpha value is -2.40. The minimum Gasteiger partial charge on any atom is -0.362 e. The largest absolute Gasteiger partial charge is 0.362 e. The standard InChI is InChI=1S/C20H25N3O2/c1-14-5-4-6-17(11-14)20(25)23-9-7-22(8-10-23)13-19(24)18-12-15(2)21-16(18)3/h4-6,11-12,21H,7-10,13H2,1-3H3. The molecule has 1 aliphatic rings. The summed E-state index contributed by atoms with van der Waals surface area (Å²) in [7, 11) is 0. The topological polar surface area (TPSA) is 56.4 Å². The Labute approximate surface area is 148 Å². The van der Waals surface area contributed by atoms with Crippen molar-refractivity contribution in [3.63, 3.8) is 0 Å². The maximum atomic E-state index is 12.6. The van der Waals surface area contributed by atoms with Crippen LogP contribution in [0.15, 0.2) is 30.3 Å². The molecule has 132 valence electrons. The van der Waals surface area contributed by atoms with Gasteiger partial charge >= 0.3 is 0 Å². The second-order valence-corrected chi connectivity index (χ2v) is 6.85. The Bertz CT molecular complexity index is 786. The lowest BCUT2D eigenvalue weighted by Gasteiger charge is -2.34. The number of hydrogen-bond donors (Lipinski definition) is 1. The van der Waals surface area contributed by atoms with Crippen molar-refractivity contribution >= 4 is 11.7 Å². The first-order valence-electron chi connectivity index (χ1n) is 8.72. The van der Waals surface area contributed by atoms with Gasteiger partial charge in [-0.3, -0.25) is 14.5 Å². The number of ketones is 1. The molecule has 25 heavy (non-hydrogen) atoms. The Morgan fingerprint density at radius 1 is 1.04 bits per heavy atom. The number of benzene rings is 1. The molecule has 1 fully saturated rings. The van der Waals surface area contributed by atoms with E-state index in [1.165, 1.54) is 0 Å². The third-order valence-electron chi connectivity index (χ3n) is 4.74. The predicted octanol–water partition coefficient (Wildman–Crippen LogP) is 2.58. The van der Waals surface area contributed by atoms with E-state index >= 15 is 0 Å². The zero-order chi connectivity index (χ0) is 18.0. The molecule has 0 saturated carbocycles. The molecule has 0 spiro atoms. The van der Waals surface area contributed by atoms with Crippen LogP contribution >= 0.6 is 0 Å². The third-order valence-corrected chi connectivity index (χ3v) is 4.74. The first-order chi connectivity index (χ1) is 11.9. The van der Waals surface area contributed by atoms with Gasteiger partial charge in [0.15, 0.2) is 5.78 Å². The lowest BCUT2D eigenvalue weighted by Crippen LogP contribution is -2.49. The van der Waals surface area contributed by atoms with E-state index < -0.39 is 0 Å². The normalized spacial score (nSPS) is 15.4. The van der Waals surface area contributed by atoms with Crippen molar-refractivity contribution in [3.05, 3.63) is 58.4 Å². The Morgan fingerprint density at radius 2 is 1.76 bits per heavy atom. The molecule has 1 aliphatic heterocycles. The van der Waals surface area contributed by atoms with Crippen molar-refractivity contribution in [1.82, 2.24) is 14.8 Å². The third kappa shape index (κ3) is 3.99. The number of amides is 1. The van der Waals surface area contributed by atoms with Crippen molar-refractivity contribution in [2.45, 2.75) is 20.8 Å². The van der Waals surface area contributed by atoms with Crippen LogP contribution < -0.4 is 0 Å². The molecule has 2 aromatic rings. The number of aromatic amines is 1. The monoisotopic (exact) mass is 339 g/mol. The fourth-order valence-electron chi connectivity index (χ4n) is 3.37. The first-order valence-corrected chi connectivity index (χ1v) is 8.72. The van der Waals surface area contributed by atoms with Gasteiger partial charge in [-0.25, -0.2) is 0 Å². The van der Waals surface area contributed by atoms with E-state index in [0.717, 1.165) is 41.2 Å². The molecule has 0 unspecified atom stereocenters. The SMILES string of the molecule is Cc1cccc(C(=O)N2CCN(CC(=O)c3cc(C)[nH]c3C)CC2)c1. The molecule has 1 N–H and O–H groups in total. The smallest absolute Gasteiger partial charge is 0.253 e. The molecular weight excluding hydrogens is 314 g/mol. The molecular formula is C20H25N3O2. The average molecular weight is 339 g/mol. The van der Waals surface area contributed by atoms with Gasteiger partial charge in [-0.2, -0.15) is 0 Å². The summed E-state index contributed by atoms with van der Waals surface area (Å²) in [6.45, 7) is 9.06. The zero-order valence-corrected chi connectivity index (χ0v) is 15.1. The van der Waals surface area contributed by atoms with E-state index in [2.05, 4.69) is 9.88 Å². The van der Waals surface area contributed by atoms with Crippen molar-refractivity contribution < 1.29 is 9.59 Å². The molecule has 2 heterocycles. The number of rotatable bonds is 4. The van der Waals surface area contributed by atoms with E-state index in [1.54, 1.807) is 0 Å². The second-order valence-electron chi connectivity index (χ2n) is 6.85. The number of H-pyrrole nitrogens is 1. The average Bonchev–Trinajstić information content (AvgIpc) is 2.93. The summed E-state index contributed by atoms with van der Waals surface area (Å²) in [5.74, 6) is 0.215. The number of hydrogen-bond acceptors (Lipinski definition) is 3. The summed E-state index contributed by atoms with van der Waals surface area (Å²) in [5, 5.41) is 0. The van der Waals surface area contributed by atoms with E-state index in [1.807, 2.05) is 56.0 Å². The number of nitrogens with one attached hydrogen (secondary N) is 1. The van der Waals surface area contributed by atoms with Gasteiger partial charge in [0.05, 0.1) is 6.54 Å². The van der Waals surface area contributed by atoms with Crippen molar-refractivity contribution in [2.75, 3.05) is 32.7 Å². The lowest BCUT2D eigenvalue weighted by molar-refractivity contribution is 0.0624. The summed E-state index contributed by atoms with van der Waals surface area (Å²) in [5.41, 5.74) is 4.54. The quantitative estimate of drug-likeness (QED) is 0.871. The van der Waals surface area contributed by atoms with Gasteiger partial charge in [0, 0.05) is 48.7 Å². The van der Waals surface area contributed by atoms with Gasteiger partial charge in [0.25, 0.3) is 5.91 Å². The molecule has 0 radical (unpaired) electrons. The Morgan fingerprint density at radius 3 is 2.36 bits per heavy atom. The maximum absolute atomic E-state index is 12.6. The van der Waals surface area contributed by atoms with Crippen LogP contribution in [-0.2, 0) is 0 Å². The molecule has 1 saturated heterocycles. The predicted molar refractivity (Wildman–Crippen MR) is 98.1 cm³/mol. The van der Waals surface area contributed by atoms with E-state index in [0.29, 0.717) is 19.6 Å². The van der Waals surface area contributed by atoms with Crippen LogP contribution in [0.3, 0.4) is 0 Å². The molecule has 0 aliphatic carbocycles.